The highest BCUT2D eigenvalue weighted by Gasteiger charge is 2.24. The van der Waals surface area contributed by atoms with Gasteiger partial charge in [-0.05, 0) is 55.5 Å². The van der Waals surface area contributed by atoms with Gasteiger partial charge in [-0.25, -0.2) is 4.98 Å². The van der Waals surface area contributed by atoms with Gasteiger partial charge in [-0.2, -0.15) is 0 Å². The number of amides is 1. The van der Waals surface area contributed by atoms with Crippen LogP contribution in [-0.2, 0) is 0 Å². The summed E-state index contributed by atoms with van der Waals surface area (Å²) in [5.74, 6) is 0.995. The van der Waals surface area contributed by atoms with Crippen LogP contribution in [0.1, 0.15) is 41.6 Å². The lowest BCUT2D eigenvalue weighted by atomic mass is 10.1. The largest absolute Gasteiger partial charge is 0.322 e. The summed E-state index contributed by atoms with van der Waals surface area (Å²) in [7, 11) is 0. The van der Waals surface area contributed by atoms with Crippen LogP contribution in [-0.4, -0.2) is 23.7 Å². The molecule has 132 valence electrons. The number of pyridine rings is 1. The molecule has 0 radical (unpaired) electrons. The van der Waals surface area contributed by atoms with Crippen molar-refractivity contribution in [1.29, 1.82) is 0 Å². The van der Waals surface area contributed by atoms with Crippen molar-refractivity contribution in [3.63, 3.8) is 0 Å². The summed E-state index contributed by atoms with van der Waals surface area (Å²) < 4.78 is 1.98. The summed E-state index contributed by atoms with van der Waals surface area (Å²) in [6, 6.07) is 7.41. The number of carbonyl (C=O) groups excluding carboxylic acids is 1. The molecule has 4 nitrogen and oxygen atoms in total. The molecule has 0 unspecified atom stereocenters. The van der Waals surface area contributed by atoms with Crippen molar-refractivity contribution in [2.75, 3.05) is 22.4 Å². The number of benzene rings is 1. The molecule has 0 atom stereocenters. The molecular weight excluding hydrogens is 377 g/mol. The molecule has 0 aliphatic heterocycles. The maximum atomic E-state index is 12.7. The monoisotopic (exact) mass is 395 g/mol. The number of aromatic nitrogens is 1. The Hall–Kier alpha value is -1.43. The van der Waals surface area contributed by atoms with Crippen molar-refractivity contribution in [3.8, 4) is 0 Å². The van der Waals surface area contributed by atoms with Crippen LogP contribution in [0.15, 0.2) is 30.5 Å². The average Bonchev–Trinajstić information content (AvgIpc) is 3.41. The molecule has 1 aromatic heterocycles. The van der Waals surface area contributed by atoms with E-state index in [0.29, 0.717) is 33.0 Å². The Kier molecular flexibility index (Phi) is 5.77. The van der Waals surface area contributed by atoms with Crippen molar-refractivity contribution in [1.82, 2.24) is 4.98 Å². The molecule has 1 aliphatic carbocycles. The van der Waals surface area contributed by atoms with Crippen molar-refractivity contribution in [2.24, 2.45) is 0 Å². The summed E-state index contributed by atoms with van der Waals surface area (Å²) in [6.45, 7) is 2.80. The molecule has 1 amide bonds. The minimum Gasteiger partial charge on any atom is -0.322 e. The molecule has 0 saturated heterocycles. The maximum absolute atomic E-state index is 12.7. The van der Waals surface area contributed by atoms with Crippen molar-refractivity contribution in [2.45, 2.75) is 25.7 Å². The van der Waals surface area contributed by atoms with Crippen molar-refractivity contribution >= 4 is 52.6 Å². The van der Waals surface area contributed by atoms with Crippen LogP contribution in [0.5, 0.6) is 0 Å². The Labute approximate surface area is 162 Å². The SMILES string of the molecule is CCN(SC)c1cc(C(=O)Nc2cc(Cl)cc(C3CC3)c2)c(Cl)cn1. The molecular formula is C18H19Cl2N3OS. The van der Waals surface area contributed by atoms with E-state index in [2.05, 4.69) is 10.3 Å². The Balaban J connectivity index is 1.84. The molecule has 1 heterocycles. The van der Waals surface area contributed by atoms with Gasteiger partial charge in [-0.1, -0.05) is 35.1 Å². The van der Waals surface area contributed by atoms with E-state index in [1.165, 1.54) is 24.6 Å². The number of rotatable bonds is 6. The minimum absolute atomic E-state index is 0.269. The van der Waals surface area contributed by atoms with Crippen LogP contribution in [0, 0.1) is 0 Å². The van der Waals surface area contributed by atoms with Crippen molar-refractivity contribution in [3.05, 3.63) is 51.6 Å². The fourth-order valence-electron chi connectivity index (χ4n) is 2.66. The fraction of sp³-hybridized carbons (Fsp3) is 0.333. The van der Waals surface area contributed by atoms with Gasteiger partial charge in [0.05, 0.1) is 10.6 Å². The quantitative estimate of drug-likeness (QED) is 0.644. The normalized spacial score (nSPS) is 13.6. The molecule has 1 fully saturated rings. The number of nitrogens with one attached hydrogen (secondary N) is 1. The lowest BCUT2D eigenvalue weighted by molar-refractivity contribution is 0.102. The molecule has 1 aliphatic rings. The van der Waals surface area contributed by atoms with E-state index in [1.807, 2.05) is 29.6 Å². The number of halogens is 2. The van der Waals surface area contributed by atoms with Crippen LogP contribution in [0.25, 0.3) is 0 Å². The van der Waals surface area contributed by atoms with Gasteiger partial charge in [0.25, 0.3) is 5.91 Å². The van der Waals surface area contributed by atoms with E-state index in [-0.39, 0.29) is 5.91 Å². The third kappa shape index (κ3) is 4.40. The number of hydrogen-bond donors (Lipinski definition) is 1. The molecule has 1 saturated carbocycles. The van der Waals surface area contributed by atoms with Gasteiger partial charge < -0.3 is 9.62 Å². The molecule has 0 spiro atoms. The van der Waals surface area contributed by atoms with Gasteiger partial charge in [0.15, 0.2) is 0 Å². The summed E-state index contributed by atoms with van der Waals surface area (Å²) in [5, 5.41) is 3.85. The molecule has 7 heteroatoms. The average molecular weight is 396 g/mol. The second kappa shape index (κ2) is 7.85. The molecule has 2 aromatic rings. The predicted octanol–water partition coefficient (Wildman–Crippen LogP) is 5.62. The Morgan fingerprint density at radius 1 is 1.32 bits per heavy atom. The molecule has 1 aromatic carbocycles. The first kappa shape index (κ1) is 18.4. The molecule has 3 rings (SSSR count). The summed E-state index contributed by atoms with van der Waals surface area (Å²) in [5.41, 5.74) is 2.25. The van der Waals surface area contributed by atoms with Gasteiger partial charge in [0.1, 0.15) is 5.82 Å². The highest BCUT2D eigenvalue weighted by molar-refractivity contribution is 7.99. The summed E-state index contributed by atoms with van der Waals surface area (Å²) in [6.07, 6.45) is 5.83. The van der Waals surface area contributed by atoms with Gasteiger partial charge >= 0.3 is 0 Å². The van der Waals surface area contributed by atoms with E-state index < -0.39 is 0 Å². The predicted molar refractivity (Wildman–Crippen MR) is 107 cm³/mol. The van der Waals surface area contributed by atoms with Crippen LogP contribution < -0.4 is 9.62 Å². The third-order valence-electron chi connectivity index (χ3n) is 4.08. The third-order valence-corrected chi connectivity index (χ3v) is 5.48. The Morgan fingerprint density at radius 2 is 2.08 bits per heavy atom. The zero-order chi connectivity index (χ0) is 18.0. The zero-order valence-corrected chi connectivity index (χ0v) is 16.4. The molecule has 0 bridgehead atoms. The van der Waals surface area contributed by atoms with Crippen LogP contribution >= 0.6 is 35.1 Å². The Bertz CT molecular complexity index is 792. The Morgan fingerprint density at radius 3 is 2.72 bits per heavy atom. The zero-order valence-electron chi connectivity index (χ0n) is 14.1. The first-order valence-corrected chi connectivity index (χ1v) is 10.0. The van der Waals surface area contributed by atoms with Crippen LogP contribution in [0.2, 0.25) is 10.0 Å². The smallest absolute Gasteiger partial charge is 0.257 e. The van der Waals surface area contributed by atoms with E-state index in [4.69, 9.17) is 23.2 Å². The molecule has 1 N–H and O–H groups in total. The maximum Gasteiger partial charge on any atom is 0.257 e. The van der Waals surface area contributed by atoms with E-state index in [1.54, 1.807) is 24.1 Å². The van der Waals surface area contributed by atoms with Gasteiger partial charge in [-0.15, -0.1) is 0 Å². The summed E-state index contributed by atoms with van der Waals surface area (Å²) in [4.78, 5) is 17.0. The lowest BCUT2D eigenvalue weighted by Gasteiger charge is -2.19. The van der Waals surface area contributed by atoms with E-state index in [0.717, 1.165) is 6.54 Å². The minimum atomic E-state index is -0.269. The van der Waals surface area contributed by atoms with Crippen LogP contribution in [0.4, 0.5) is 11.5 Å². The first-order valence-electron chi connectivity index (χ1n) is 8.10. The number of hydrogen-bond acceptors (Lipinski definition) is 4. The fourth-order valence-corrected chi connectivity index (χ4v) is 3.64. The topological polar surface area (TPSA) is 45.2 Å². The van der Waals surface area contributed by atoms with Crippen LogP contribution in [0.3, 0.4) is 0 Å². The second-order valence-corrected chi connectivity index (χ2v) is 7.55. The standard InChI is InChI=1S/C18H19Cl2N3OS/c1-3-23(25-2)17-9-15(16(20)10-21-17)18(24)22-14-7-12(11-4-5-11)6-13(19)8-14/h6-11H,3-5H2,1-2H3,(H,22,24). The van der Waals surface area contributed by atoms with E-state index in [9.17, 15) is 4.79 Å². The molecule has 25 heavy (non-hydrogen) atoms. The van der Waals surface area contributed by atoms with Gasteiger partial charge in [0, 0.05) is 29.7 Å². The second-order valence-electron chi connectivity index (χ2n) is 5.90. The lowest BCUT2D eigenvalue weighted by Crippen LogP contribution is -2.17. The van der Waals surface area contributed by atoms with E-state index >= 15 is 0 Å². The highest BCUT2D eigenvalue weighted by Crippen LogP contribution is 2.42. The summed E-state index contributed by atoms with van der Waals surface area (Å²) >= 11 is 13.9. The first-order chi connectivity index (χ1) is 12.0. The highest BCUT2D eigenvalue weighted by atomic mass is 35.5. The van der Waals surface area contributed by atoms with Gasteiger partial charge in [-0.3, -0.25) is 4.79 Å². The van der Waals surface area contributed by atoms with Crippen molar-refractivity contribution < 1.29 is 4.79 Å². The number of carbonyl (C=O) groups is 1. The number of anilines is 2. The number of nitrogens with zero attached hydrogens (tertiary/aromatic N) is 2. The van der Waals surface area contributed by atoms with Gasteiger partial charge in [0.2, 0.25) is 0 Å².